The molecule has 8 nitrogen and oxygen atoms in total. The maximum Gasteiger partial charge on any atom is 0.240 e. The molecule has 0 radical (unpaired) electrons. The second-order valence-electron chi connectivity index (χ2n) is 8.68. The predicted molar refractivity (Wildman–Crippen MR) is 119 cm³/mol. The van der Waals surface area contributed by atoms with Crippen LogP contribution in [0.3, 0.4) is 0 Å². The topological polar surface area (TPSA) is 90.0 Å². The molecule has 2 amide bonds. The first kappa shape index (κ1) is 23.7. The third-order valence-electron chi connectivity index (χ3n) is 6.39. The normalized spacial score (nSPS) is 21.7. The van der Waals surface area contributed by atoms with Crippen molar-refractivity contribution < 1.29 is 18.0 Å². The highest BCUT2D eigenvalue weighted by atomic mass is 32.2. The van der Waals surface area contributed by atoms with Crippen molar-refractivity contribution in [2.45, 2.75) is 44.6 Å². The molecule has 2 aliphatic rings. The molecule has 2 unspecified atom stereocenters. The minimum Gasteiger partial charge on any atom is -0.339 e. The lowest BCUT2D eigenvalue weighted by Gasteiger charge is -2.40. The van der Waals surface area contributed by atoms with Gasteiger partial charge in [-0.3, -0.25) is 14.5 Å². The Morgan fingerprint density at radius 2 is 1.68 bits per heavy atom. The van der Waals surface area contributed by atoms with E-state index in [9.17, 15) is 18.0 Å². The van der Waals surface area contributed by atoms with Gasteiger partial charge < -0.3 is 9.80 Å². The maximum atomic E-state index is 13.0. The van der Waals surface area contributed by atoms with Crippen molar-refractivity contribution in [3.8, 4) is 0 Å². The van der Waals surface area contributed by atoms with Gasteiger partial charge in [0.15, 0.2) is 0 Å². The molecule has 2 fully saturated rings. The molecule has 172 valence electrons. The van der Waals surface area contributed by atoms with Gasteiger partial charge in [0, 0.05) is 46.2 Å². The van der Waals surface area contributed by atoms with Gasteiger partial charge in [-0.1, -0.05) is 17.7 Å². The predicted octanol–water partition coefficient (Wildman–Crippen LogP) is 1.06. The van der Waals surface area contributed by atoms with E-state index in [1.807, 2.05) is 18.7 Å². The number of amides is 2. The molecule has 2 aliphatic heterocycles. The Kier molecular flexibility index (Phi) is 7.72. The monoisotopic (exact) mass is 450 g/mol. The molecule has 2 saturated heterocycles. The summed E-state index contributed by atoms with van der Waals surface area (Å²) >= 11 is 0. The lowest BCUT2D eigenvalue weighted by atomic mass is 9.97. The summed E-state index contributed by atoms with van der Waals surface area (Å²) in [6.07, 6.45) is 1.87. The van der Waals surface area contributed by atoms with Crippen LogP contribution in [0.4, 0.5) is 0 Å². The number of hydrogen-bond acceptors (Lipinski definition) is 5. The molecule has 0 aromatic heterocycles. The van der Waals surface area contributed by atoms with E-state index in [0.29, 0.717) is 39.3 Å². The molecule has 0 saturated carbocycles. The summed E-state index contributed by atoms with van der Waals surface area (Å²) in [5.74, 6) is 0.301. The zero-order valence-electron chi connectivity index (χ0n) is 18.7. The minimum absolute atomic E-state index is 0.0482. The number of carbonyl (C=O) groups is 2. The first-order valence-corrected chi connectivity index (χ1v) is 12.5. The number of hydrogen-bond donors (Lipinski definition) is 1. The number of carbonyl (C=O) groups excluding carboxylic acids is 2. The maximum absolute atomic E-state index is 13.0. The summed E-state index contributed by atoms with van der Waals surface area (Å²) < 4.78 is 27.9. The van der Waals surface area contributed by atoms with Crippen LogP contribution in [0.2, 0.25) is 0 Å². The van der Waals surface area contributed by atoms with Crippen LogP contribution < -0.4 is 4.72 Å². The fourth-order valence-electron chi connectivity index (χ4n) is 4.31. The summed E-state index contributed by atoms with van der Waals surface area (Å²) in [4.78, 5) is 30.5. The van der Waals surface area contributed by atoms with Gasteiger partial charge in [-0.15, -0.1) is 0 Å². The Balaban J connectivity index is 1.52. The number of benzene rings is 1. The van der Waals surface area contributed by atoms with E-state index < -0.39 is 10.0 Å². The Morgan fingerprint density at radius 1 is 1.06 bits per heavy atom. The number of nitrogens with one attached hydrogen (secondary N) is 1. The number of nitrogens with zero attached hydrogens (tertiary/aromatic N) is 3. The number of piperazine rings is 1. The summed E-state index contributed by atoms with van der Waals surface area (Å²) in [5.41, 5.74) is 1.02. The third-order valence-corrected chi connectivity index (χ3v) is 7.82. The highest BCUT2D eigenvalue weighted by molar-refractivity contribution is 7.89. The van der Waals surface area contributed by atoms with Crippen molar-refractivity contribution in [3.05, 3.63) is 29.8 Å². The van der Waals surface area contributed by atoms with Gasteiger partial charge in [0.05, 0.1) is 10.9 Å². The molecule has 3 rings (SSSR count). The molecule has 0 aliphatic carbocycles. The number of likely N-dealkylation sites (tertiary alicyclic amines) is 1. The zero-order chi connectivity index (χ0) is 22.6. The van der Waals surface area contributed by atoms with Crippen molar-refractivity contribution in [1.82, 2.24) is 19.4 Å². The molecule has 2 heterocycles. The number of piperidine rings is 1. The van der Waals surface area contributed by atoms with E-state index in [1.165, 1.54) is 0 Å². The summed E-state index contributed by atoms with van der Waals surface area (Å²) in [6.45, 7) is 9.59. The smallest absolute Gasteiger partial charge is 0.240 e. The third kappa shape index (κ3) is 6.05. The van der Waals surface area contributed by atoms with Crippen LogP contribution >= 0.6 is 0 Å². The Bertz CT molecular complexity index is 879. The summed E-state index contributed by atoms with van der Waals surface area (Å²) in [6, 6.07) is 6.58. The fourth-order valence-corrected chi connectivity index (χ4v) is 5.42. The first-order valence-electron chi connectivity index (χ1n) is 11.0. The van der Waals surface area contributed by atoms with E-state index in [1.54, 1.807) is 36.1 Å². The quantitative estimate of drug-likeness (QED) is 0.700. The lowest BCUT2D eigenvalue weighted by Crippen LogP contribution is -2.56. The van der Waals surface area contributed by atoms with Crippen LogP contribution in [0.25, 0.3) is 0 Å². The zero-order valence-corrected chi connectivity index (χ0v) is 19.5. The van der Waals surface area contributed by atoms with E-state index in [0.717, 1.165) is 24.9 Å². The standard InChI is InChI=1S/C22H34N4O4S/c1-17-6-8-21(9-7-17)31(29,30)23-15-20-5-4-10-26(16-20)18(2)22(28)25-13-11-24(12-14-25)19(3)27/h6-9,18,20,23H,4-5,10-16H2,1-3H3. The molecule has 1 aromatic rings. The molecule has 9 heteroatoms. The van der Waals surface area contributed by atoms with E-state index >= 15 is 0 Å². The molecular formula is C22H34N4O4S. The van der Waals surface area contributed by atoms with Gasteiger partial charge in [0.2, 0.25) is 21.8 Å². The van der Waals surface area contributed by atoms with Gasteiger partial charge in [-0.05, 0) is 51.3 Å². The lowest BCUT2D eigenvalue weighted by molar-refractivity contribution is -0.142. The van der Waals surface area contributed by atoms with Crippen LogP contribution in [0.1, 0.15) is 32.3 Å². The minimum atomic E-state index is -3.54. The van der Waals surface area contributed by atoms with E-state index in [-0.39, 0.29) is 28.7 Å². The highest BCUT2D eigenvalue weighted by Crippen LogP contribution is 2.20. The largest absolute Gasteiger partial charge is 0.339 e. The molecule has 2 atom stereocenters. The van der Waals surface area contributed by atoms with Crippen LogP contribution in [0.15, 0.2) is 29.2 Å². The van der Waals surface area contributed by atoms with Crippen LogP contribution in [-0.2, 0) is 19.6 Å². The van der Waals surface area contributed by atoms with Crippen molar-refractivity contribution >= 4 is 21.8 Å². The SMILES string of the molecule is CC(=O)N1CCN(C(=O)C(C)N2CCCC(CNS(=O)(=O)c3ccc(C)cc3)C2)CC1. The van der Waals surface area contributed by atoms with Crippen LogP contribution in [0.5, 0.6) is 0 Å². The number of rotatable bonds is 6. The van der Waals surface area contributed by atoms with Gasteiger partial charge in [0.25, 0.3) is 0 Å². The van der Waals surface area contributed by atoms with E-state index in [2.05, 4.69) is 9.62 Å². The van der Waals surface area contributed by atoms with Crippen molar-refractivity contribution in [1.29, 1.82) is 0 Å². The van der Waals surface area contributed by atoms with Crippen LogP contribution in [-0.4, -0.2) is 86.8 Å². The Hall–Kier alpha value is -1.97. The molecule has 0 bridgehead atoms. The van der Waals surface area contributed by atoms with Crippen molar-refractivity contribution in [2.75, 3.05) is 45.8 Å². The average molecular weight is 451 g/mol. The summed E-state index contributed by atoms with van der Waals surface area (Å²) in [5, 5.41) is 0. The van der Waals surface area contributed by atoms with Gasteiger partial charge in [-0.2, -0.15) is 0 Å². The van der Waals surface area contributed by atoms with Gasteiger partial charge in [-0.25, -0.2) is 13.1 Å². The Morgan fingerprint density at radius 3 is 2.29 bits per heavy atom. The van der Waals surface area contributed by atoms with Crippen molar-refractivity contribution in [2.24, 2.45) is 5.92 Å². The number of sulfonamides is 1. The van der Waals surface area contributed by atoms with Crippen molar-refractivity contribution in [3.63, 3.8) is 0 Å². The fraction of sp³-hybridized carbons (Fsp3) is 0.636. The van der Waals surface area contributed by atoms with Gasteiger partial charge >= 0.3 is 0 Å². The molecular weight excluding hydrogens is 416 g/mol. The van der Waals surface area contributed by atoms with E-state index in [4.69, 9.17) is 0 Å². The molecule has 1 aromatic carbocycles. The second kappa shape index (κ2) is 10.1. The average Bonchev–Trinajstić information content (AvgIpc) is 2.77. The molecule has 1 N–H and O–H groups in total. The number of aryl methyl sites for hydroxylation is 1. The van der Waals surface area contributed by atoms with Crippen LogP contribution in [0, 0.1) is 12.8 Å². The summed E-state index contributed by atoms with van der Waals surface area (Å²) in [7, 11) is -3.54. The second-order valence-corrected chi connectivity index (χ2v) is 10.4. The Labute approximate surface area is 185 Å². The highest BCUT2D eigenvalue weighted by Gasteiger charge is 2.32. The first-order chi connectivity index (χ1) is 14.7. The van der Waals surface area contributed by atoms with Gasteiger partial charge in [0.1, 0.15) is 0 Å². The molecule has 0 spiro atoms. The molecule has 31 heavy (non-hydrogen) atoms.